The van der Waals surface area contributed by atoms with Crippen molar-refractivity contribution in [3.8, 4) is 0 Å². The summed E-state index contributed by atoms with van der Waals surface area (Å²) in [6, 6.07) is 0. The van der Waals surface area contributed by atoms with Crippen LogP contribution < -0.4 is 5.32 Å². The van der Waals surface area contributed by atoms with Crippen LogP contribution in [0.15, 0.2) is 0 Å². The topological polar surface area (TPSA) is 49.3 Å². The zero-order valence-electron chi connectivity index (χ0n) is 11.5. The van der Waals surface area contributed by atoms with E-state index in [1.807, 2.05) is 6.92 Å². The van der Waals surface area contributed by atoms with Crippen LogP contribution in [0.4, 0.5) is 0 Å². The minimum absolute atomic E-state index is 0.147. The Morgan fingerprint density at radius 2 is 1.94 bits per heavy atom. The Labute approximate surface area is 105 Å². The predicted molar refractivity (Wildman–Crippen MR) is 69.7 cm³/mol. The molecular formula is C14H27NO2. The van der Waals surface area contributed by atoms with Gasteiger partial charge >= 0.3 is 0 Å². The second kappa shape index (κ2) is 5.85. The summed E-state index contributed by atoms with van der Waals surface area (Å²) < 4.78 is 0. The van der Waals surface area contributed by atoms with E-state index in [1.165, 1.54) is 0 Å². The Hall–Kier alpha value is -0.570. The maximum absolute atomic E-state index is 12.2. The van der Waals surface area contributed by atoms with Crippen LogP contribution in [0.5, 0.6) is 0 Å². The zero-order chi connectivity index (χ0) is 12.9. The molecule has 1 amide bonds. The summed E-state index contributed by atoms with van der Waals surface area (Å²) >= 11 is 0. The van der Waals surface area contributed by atoms with E-state index >= 15 is 0 Å². The van der Waals surface area contributed by atoms with E-state index in [9.17, 15) is 9.90 Å². The zero-order valence-corrected chi connectivity index (χ0v) is 11.5. The Kier molecular flexibility index (Phi) is 4.99. The predicted octanol–water partition coefficient (Wildman–Crippen LogP) is 2.62. The van der Waals surface area contributed by atoms with E-state index in [-0.39, 0.29) is 11.3 Å². The molecule has 1 aliphatic rings. The Balaban J connectivity index is 2.48. The standard InChI is InChI=1S/C14H27NO2/c1-4-8-13(3,17)11-15-12(16)14(5-2)9-6-7-10-14/h17H,4-11H2,1-3H3,(H,15,16). The summed E-state index contributed by atoms with van der Waals surface area (Å²) in [4.78, 5) is 12.2. The summed E-state index contributed by atoms with van der Waals surface area (Å²) in [7, 11) is 0. The third kappa shape index (κ3) is 3.70. The molecule has 1 rings (SSSR count). The molecule has 1 atom stereocenters. The molecule has 0 aromatic rings. The molecule has 0 saturated heterocycles. The lowest BCUT2D eigenvalue weighted by atomic mass is 9.82. The van der Waals surface area contributed by atoms with Crippen molar-refractivity contribution >= 4 is 5.91 Å². The third-order valence-electron chi connectivity index (χ3n) is 4.14. The molecule has 2 N–H and O–H groups in total. The third-order valence-corrected chi connectivity index (χ3v) is 4.14. The molecule has 0 spiro atoms. The van der Waals surface area contributed by atoms with Crippen LogP contribution >= 0.6 is 0 Å². The summed E-state index contributed by atoms with van der Waals surface area (Å²) in [6.07, 6.45) is 6.90. The van der Waals surface area contributed by atoms with E-state index in [4.69, 9.17) is 0 Å². The van der Waals surface area contributed by atoms with Crippen LogP contribution in [0.1, 0.15) is 65.7 Å². The van der Waals surface area contributed by atoms with Crippen LogP contribution in [0.2, 0.25) is 0 Å². The number of amides is 1. The molecule has 100 valence electrons. The van der Waals surface area contributed by atoms with Crippen molar-refractivity contribution in [2.24, 2.45) is 5.41 Å². The molecule has 3 heteroatoms. The van der Waals surface area contributed by atoms with Crippen LogP contribution in [0, 0.1) is 5.41 Å². The quantitative estimate of drug-likeness (QED) is 0.751. The van der Waals surface area contributed by atoms with E-state index in [2.05, 4.69) is 12.2 Å². The molecule has 0 heterocycles. The van der Waals surface area contributed by atoms with Gasteiger partial charge in [-0.25, -0.2) is 0 Å². The fraction of sp³-hybridized carbons (Fsp3) is 0.929. The highest BCUT2D eigenvalue weighted by Crippen LogP contribution is 2.41. The van der Waals surface area contributed by atoms with E-state index < -0.39 is 5.60 Å². The van der Waals surface area contributed by atoms with Crippen molar-refractivity contribution in [1.82, 2.24) is 5.32 Å². The molecular weight excluding hydrogens is 214 g/mol. The Morgan fingerprint density at radius 3 is 2.41 bits per heavy atom. The first-order chi connectivity index (χ1) is 7.96. The van der Waals surface area contributed by atoms with Crippen molar-refractivity contribution < 1.29 is 9.90 Å². The van der Waals surface area contributed by atoms with Crippen LogP contribution in [-0.2, 0) is 4.79 Å². The van der Waals surface area contributed by atoms with Gasteiger partial charge in [0, 0.05) is 12.0 Å². The van der Waals surface area contributed by atoms with Crippen molar-refractivity contribution in [3.63, 3.8) is 0 Å². The fourth-order valence-corrected chi connectivity index (χ4v) is 2.88. The van der Waals surface area contributed by atoms with Gasteiger partial charge in [-0.3, -0.25) is 4.79 Å². The first kappa shape index (κ1) is 14.5. The normalized spacial score (nSPS) is 22.1. The van der Waals surface area contributed by atoms with Crippen molar-refractivity contribution in [1.29, 1.82) is 0 Å². The van der Waals surface area contributed by atoms with E-state index in [0.717, 1.165) is 44.9 Å². The molecule has 0 aromatic carbocycles. The molecule has 0 aromatic heterocycles. The van der Waals surface area contributed by atoms with Gasteiger partial charge in [-0.1, -0.05) is 33.1 Å². The molecule has 17 heavy (non-hydrogen) atoms. The molecule has 1 saturated carbocycles. The molecule has 1 aliphatic carbocycles. The minimum Gasteiger partial charge on any atom is -0.388 e. The number of carbonyl (C=O) groups is 1. The number of carbonyl (C=O) groups excluding carboxylic acids is 1. The molecule has 3 nitrogen and oxygen atoms in total. The Bertz CT molecular complexity index is 255. The van der Waals surface area contributed by atoms with Gasteiger partial charge in [-0.2, -0.15) is 0 Å². The van der Waals surface area contributed by atoms with Gasteiger partial charge in [-0.15, -0.1) is 0 Å². The van der Waals surface area contributed by atoms with Gasteiger partial charge in [0.25, 0.3) is 0 Å². The van der Waals surface area contributed by atoms with Gasteiger partial charge in [0.1, 0.15) is 0 Å². The van der Waals surface area contributed by atoms with Gasteiger partial charge < -0.3 is 10.4 Å². The summed E-state index contributed by atoms with van der Waals surface area (Å²) in [6.45, 7) is 6.31. The van der Waals surface area contributed by atoms with Crippen LogP contribution in [-0.4, -0.2) is 23.2 Å². The lowest BCUT2D eigenvalue weighted by Crippen LogP contribution is -2.46. The molecule has 0 radical (unpaired) electrons. The highest BCUT2D eigenvalue weighted by atomic mass is 16.3. The smallest absolute Gasteiger partial charge is 0.226 e. The van der Waals surface area contributed by atoms with Crippen LogP contribution in [0.3, 0.4) is 0 Å². The number of hydrogen-bond donors (Lipinski definition) is 2. The highest BCUT2D eigenvalue weighted by molar-refractivity contribution is 5.82. The second-order valence-electron chi connectivity index (χ2n) is 5.77. The molecule has 0 bridgehead atoms. The lowest BCUT2D eigenvalue weighted by molar-refractivity contribution is -0.132. The molecule has 1 fully saturated rings. The maximum atomic E-state index is 12.2. The van der Waals surface area contributed by atoms with Crippen molar-refractivity contribution in [2.45, 2.75) is 71.3 Å². The SMILES string of the molecule is CCCC(C)(O)CNC(=O)C1(CC)CCCC1. The Morgan fingerprint density at radius 1 is 1.35 bits per heavy atom. The first-order valence-corrected chi connectivity index (χ1v) is 6.96. The molecule has 1 unspecified atom stereocenters. The first-order valence-electron chi connectivity index (χ1n) is 6.96. The number of rotatable bonds is 6. The minimum atomic E-state index is -0.766. The lowest BCUT2D eigenvalue weighted by Gasteiger charge is -2.29. The van der Waals surface area contributed by atoms with Crippen molar-refractivity contribution in [2.75, 3.05) is 6.54 Å². The largest absolute Gasteiger partial charge is 0.388 e. The number of nitrogens with one attached hydrogen (secondary N) is 1. The van der Waals surface area contributed by atoms with Gasteiger partial charge in [0.2, 0.25) is 5.91 Å². The van der Waals surface area contributed by atoms with Gasteiger partial charge in [0.05, 0.1) is 5.60 Å². The van der Waals surface area contributed by atoms with Gasteiger partial charge in [0.15, 0.2) is 0 Å². The number of aliphatic hydroxyl groups is 1. The van der Waals surface area contributed by atoms with Crippen molar-refractivity contribution in [3.05, 3.63) is 0 Å². The second-order valence-corrected chi connectivity index (χ2v) is 5.77. The molecule has 0 aliphatic heterocycles. The summed E-state index contributed by atoms with van der Waals surface area (Å²) in [5, 5.41) is 13.0. The van der Waals surface area contributed by atoms with E-state index in [0.29, 0.717) is 6.54 Å². The summed E-state index contributed by atoms with van der Waals surface area (Å²) in [5.41, 5.74) is -0.916. The monoisotopic (exact) mass is 241 g/mol. The van der Waals surface area contributed by atoms with Gasteiger partial charge in [-0.05, 0) is 32.6 Å². The fourth-order valence-electron chi connectivity index (χ4n) is 2.88. The van der Waals surface area contributed by atoms with E-state index in [1.54, 1.807) is 6.92 Å². The number of hydrogen-bond acceptors (Lipinski definition) is 2. The maximum Gasteiger partial charge on any atom is 0.226 e. The average molecular weight is 241 g/mol. The average Bonchev–Trinajstić information content (AvgIpc) is 2.75. The summed E-state index contributed by atoms with van der Waals surface area (Å²) in [5.74, 6) is 0.147. The highest BCUT2D eigenvalue weighted by Gasteiger charge is 2.39. The van der Waals surface area contributed by atoms with Crippen LogP contribution in [0.25, 0.3) is 0 Å².